The summed E-state index contributed by atoms with van der Waals surface area (Å²) in [5.74, 6) is -1.44. The SMILES string of the molecule is C[C@H](OC(=O)/C=C/c1cccc(F)c1)C(=O)NCc1ccccc1. The lowest BCUT2D eigenvalue weighted by Gasteiger charge is -2.12. The van der Waals surface area contributed by atoms with Crippen LogP contribution in [-0.2, 0) is 20.9 Å². The Morgan fingerprint density at radius 2 is 1.92 bits per heavy atom. The van der Waals surface area contributed by atoms with Crippen LogP contribution in [0.3, 0.4) is 0 Å². The van der Waals surface area contributed by atoms with Crippen molar-refractivity contribution in [2.75, 3.05) is 0 Å². The number of hydrogen-bond donors (Lipinski definition) is 1. The minimum absolute atomic E-state index is 0.362. The monoisotopic (exact) mass is 327 g/mol. The van der Waals surface area contributed by atoms with Gasteiger partial charge in [-0.05, 0) is 36.3 Å². The average Bonchev–Trinajstić information content (AvgIpc) is 2.59. The summed E-state index contributed by atoms with van der Waals surface area (Å²) in [6.07, 6.45) is 1.67. The highest BCUT2D eigenvalue weighted by molar-refractivity contribution is 5.90. The van der Waals surface area contributed by atoms with Crippen LogP contribution < -0.4 is 5.32 Å². The van der Waals surface area contributed by atoms with E-state index in [0.717, 1.165) is 11.6 Å². The predicted octanol–water partition coefficient (Wildman–Crippen LogP) is 3.09. The molecule has 0 fully saturated rings. The van der Waals surface area contributed by atoms with Crippen molar-refractivity contribution in [3.05, 3.63) is 77.6 Å². The Balaban J connectivity index is 1.81. The Kier molecular flexibility index (Phi) is 6.25. The second-order valence-electron chi connectivity index (χ2n) is 5.17. The molecule has 2 rings (SSSR count). The van der Waals surface area contributed by atoms with Crippen LogP contribution in [0.4, 0.5) is 4.39 Å². The molecule has 1 amide bonds. The molecular formula is C19H18FNO3. The summed E-state index contributed by atoms with van der Waals surface area (Å²) in [6.45, 7) is 1.86. The van der Waals surface area contributed by atoms with Crippen molar-refractivity contribution < 1.29 is 18.7 Å². The number of amides is 1. The number of ether oxygens (including phenoxy) is 1. The van der Waals surface area contributed by atoms with E-state index < -0.39 is 12.1 Å². The van der Waals surface area contributed by atoms with E-state index >= 15 is 0 Å². The predicted molar refractivity (Wildman–Crippen MR) is 89.3 cm³/mol. The molecule has 0 saturated heterocycles. The topological polar surface area (TPSA) is 55.4 Å². The van der Waals surface area contributed by atoms with Crippen molar-refractivity contribution in [1.29, 1.82) is 0 Å². The number of carbonyl (C=O) groups is 2. The fraction of sp³-hybridized carbons (Fsp3) is 0.158. The van der Waals surface area contributed by atoms with Crippen molar-refractivity contribution in [3.8, 4) is 0 Å². The Bertz CT molecular complexity index is 728. The van der Waals surface area contributed by atoms with Gasteiger partial charge in [-0.15, -0.1) is 0 Å². The summed E-state index contributed by atoms with van der Waals surface area (Å²) in [4.78, 5) is 23.6. The van der Waals surface area contributed by atoms with E-state index in [1.807, 2.05) is 30.3 Å². The van der Waals surface area contributed by atoms with Crippen LogP contribution in [0.1, 0.15) is 18.1 Å². The maximum absolute atomic E-state index is 13.0. The van der Waals surface area contributed by atoms with E-state index in [1.165, 1.54) is 25.1 Å². The van der Waals surface area contributed by atoms with Crippen LogP contribution in [0.2, 0.25) is 0 Å². The van der Waals surface area contributed by atoms with Gasteiger partial charge in [0.05, 0.1) is 0 Å². The molecular weight excluding hydrogens is 309 g/mol. The van der Waals surface area contributed by atoms with Crippen molar-refractivity contribution in [2.24, 2.45) is 0 Å². The van der Waals surface area contributed by atoms with Crippen molar-refractivity contribution >= 4 is 18.0 Å². The van der Waals surface area contributed by atoms with Crippen LogP contribution in [0.15, 0.2) is 60.7 Å². The van der Waals surface area contributed by atoms with E-state index in [1.54, 1.807) is 12.1 Å². The number of esters is 1. The molecule has 124 valence electrons. The van der Waals surface area contributed by atoms with Crippen LogP contribution in [0, 0.1) is 5.82 Å². The van der Waals surface area contributed by atoms with Gasteiger partial charge < -0.3 is 10.1 Å². The number of hydrogen-bond acceptors (Lipinski definition) is 3. The minimum atomic E-state index is -0.918. The van der Waals surface area contributed by atoms with Gasteiger partial charge in [0.15, 0.2) is 6.10 Å². The Morgan fingerprint density at radius 3 is 2.62 bits per heavy atom. The third-order valence-corrected chi connectivity index (χ3v) is 3.23. The van der Waals surface area contributed by atoms with Crippen LogP contribution in [-0.4, -0.2) is 18.0 Å². The van der Waals surface area contributed by atoms with E-state index in [4.69, 9.17) is 4.74 Å². The van der Waals surface area contributed by atoms with Gasteiger partial charge >= 0.3 is 5.97 Å². The summed E-state index contributed by atoms with van der Waals surface area (Å²) in [6, 6.07) is 15.2. The minimum Gasteiger partial charge on any atom is -0.449 e. The molecule has 0 saturated carbocycles. The van der Waals surface area contributed by atoms with Gasteiger partial charge in [-0.25, -0.2) is 9.18 Å². The second kappa shape index (κ2) is 8.62. The fourth-order valence-electron chi connectivity index (χ4n) is 1.97. The summed E-state index contributed by atoms with van der Waals surface area (Å²) in [5, 5.41) is 2.70. The largest absolute Gasteiger partial charge is 0.449 e. The number of nitrogens with one attached hydrogen (secondary N) is 1. The zero-order valence-corrected chi connectivity index (χ0v) is 13.2. The van der Waals surface area contributed by atoms with Crippen molar-refractivity contribution in [1.82, 2.24) is 5.32 Å². The zero-order valence-electron chi connectivity index (χ0n) is 13.2. The van der Waals surface area contributed by atoms with E-state index in [9.17, 15) is 14.0 Å². The Labute approximate surface area is 140 Å². The highest BCUT2D eigenvalue weighted by Crippen LogP contribution is 2.06. The molecule has 24 heavy (non-hydrogen) atoms. The van der Waals surface area contributed by atoms with Gasteiger partial charge in [0.25, 0.3) is 5.91 Å². The Hall–Kier alpha value is -2.95. The summed E-state index contributed by atoms with van der Waals surface area (Å²) in [5.41, 5.74) is 1.49. The molecule has 2 aromatic rings. The molecule has 0 bridgehead atoms. The summed E-state index contributed by atoms with van der Waals surface area (Å²) >= 11 is 0. The van der Waals surface area contributed by atoms with E-state index in [0.29, 0.717) is 12.1 Å². The first-order valence-corrected chi connectivity index (χ1v) is 7.50. The molecule has 0 aromatic heterocycles. The molecule has 0 radical (unpaired) electrons. The zero-order chi connectivity index (χ0) is 17.4. The van der Waals surface area contributed by atoms with Gasteiger partial charge in [-0.3, -0.25) is 4.79 Å². The lowest BCUT2D eigenvalue weighted by atomic mass is 10.2. The molecule has 0 unspecified atom stereocenters. The van der Waals surface area contributed by atoms with Gasteiger partial charge in [-0.1, -0.05) is 42.5 Å². The van der Waals surface area contributed by atoms with Crippen LogP contribution in [0.25, 0.3) is 6.08 Å². The molecule has 1 atom stereocenters. The first kappa shape index (κ1) is 17.4. The smallest absolute Gasteiger partial charge is 0.331 e. The molecule has 2 aromatic carbocycles. The maximum atomic E-state index is 13.0. The van der Waals surface area contributed by atoms with Gasteiger partial charge in [0.1, 0.15) is 5.82 Å². The summed E-state index contributed by atoms with van der Waals surface area (Å²) < 4.78 is 18.1. The molecule has 0 aliphatic heterocycles. The van der Waals surface area contributed by atoms with Gasteiger partial charge in [0.2, 0.25) is 0 Å². The lowest BCUT2D eigenvalue weighted by molar-refractivity contribution is -0.150. The van der Waals surface area contributed by atoms with Crippen molar-refractivity contribution in [2.45, 2.75) is 19.6 Å². The molecule has 0 spiro atoms. The molecule has 0 heterocycles. The summed E-state index contributed by atoms with van der Waals surface area (Å²) in [7, 11) is 0. The number of rotatable bonds is 6. The van der Waals surface area contributed by atoms with Gasteiger partial charge in [0, 0.05) is 12.6 Å². The number of benzene rings is 2. The molecule has 5 heteroatoms. The molecule has 4 nitrogen and oxygen atoms in total. The second-order valence-corrected chi connectivity index (χ2v) is 5.17. The van der Waals surface area contributed by atoms with E-state index in [-0.39, 0.29) is 11.7 Å². The number of halogens is 1. The Morgan fingerprint density at radius 1 is 1.17 bits per heavy atom. The first-order valence-electron chi connectivity index (χ1n) is 7.50. The number of carbonyl (C=O) groups excluding carboxylic acids is 2. The normalized spacial score (nSPS) is 11.9. The quantitative estimate of drug-likeness (QED) is 0.655. The molecule has 1 N–H and O–H groups in total. The van der Waals surface area contributed by atoms with Crippen molar-refractivity contribution in [3.63, 3.8) is 0 Å². The average molecular weight is 327 g/mol. The maximum Gasteiger partial charge on any atom is 0.331 e. The highest BCUT2D eigenvalue weighted by atomic mass is 19.1. The van der Waals surface area contributed by atoms with Crippen LogP contribution >= 0.6 is 0 Å². The highest BCUT2D eigenvalue weighted by Gasteiger charge is 2.15. The van der Waals surface area contributed by atoms with Crippen LogP contribution in [0.5, 0.6) is 0 Å². The fourth-order valence-corrected chi connectivity index (χ4v) is 1.97. The molecule has 0 aliphatic rings. The molecule has 0 aliphatic carbocycles. The lowest BCUT2D eigenvalue weighted by Crippen LogP contribution is -2.35. The van der Waals surface area contributed by atoms with Gasteiger partial charge in [-0.2, -0.15) is 0 Å². The first-order chi connectivity index (χ1) is 11.5. The standard InChI is InChI=1S/C19H18FNO3/c1-14(19(23)21-13-16-6-3-2-4-7-16)24-18(22)11-10-15-8-5-9-17(20)12-15/h2-12,14H,13H2,1H3,(H,21,23)/b11-10+/t14-/m0/s1. The third-order valence-electron chi connectivity index (χ3n) is 3.23. The van der Waals surface area contributed by atoms with E-state index in [2.05, 4.69) is 5.32 Å². The third kappa shape index (κ3) is 5.68.